The molecular formula is C24H28N2O4. The zero-order valence-electron chi connectivity index (χ0n) is 17.0. The van der Waals surface area contributed by atoms with E-state index in [1.807, 2.05) is 35.2 Å². The Balaban J connectivity index is 0.000000687. The number of morpholine rings is 1. The zero-order chi connectivity index (χ0) is 20.9. The van der Waals surface area contributed by atoms with E-state index < -0.39 is 0 Å². The molecule has 6 heteroatoms. The molecule has 1 aliphatic carbocycles. The summed E-state index contributed by atoms with van der Waals surface area (Å²) in [5.41, 5.74) is 4.28. The number of fused-ring (bicyclic) bond motifs is 1. The van der Waals surface area contributed by atoms with Gasteiger partial charge >= 0.3 is 0 Å². The van der Waals surface area contributed by atoms with Gasteiger partial charge in [0.1, 0.15) is 6.10 Å². The van der Waals surface area contributed by atoms with Crippen molar-refractivity contribution in [3.05, 3.63) is 65.2 Å². The minimum absolute atomic E-state index is 0.0398. The number of amides is 1. The van der Waals surface area contributed by atoms with Crippen LogP contribution >= 0.6 is 0 Å². The van der Waals surface area contributed by atoms with Crippen LogP contribution in [0.5, 0.6) is 0 Å². The second-order valence-electron chi connectivity index (χ2n) is 8.10. The predicted octanol–water partition coefficient (Wildman–Crippen LogP) is 3.74. The molecule has 2 N–H and O–H groups in total. The molecule has 2 fully saturated rings. The average molecular weight is 408 g/mol. The number of para-hydroxylation sites is 1. The van der Waals surface area contributed by atoms with Crippen molar-refractivity contribution >= 4 is 18.1 Å². The molecule has 2 atom stereocenters. The normalized spacial score (nSPS) is 22.7. The maximum atomic E-state index is 13.5. The van der Waals surface area contributed by atoms with E-state index in [9.17, 15) is 4.79 Å². The van der Waals surface area contributed by atoms with Crippen LogP contribution in [0.2, 0.25) is 0 Å². The average Bonchev–Trinajstić information content (AvgIpc) is 3.65. The number of carbonyl (C=O) groups excluding carboxylic acids is 1. The number of rotatable bonds is 3. The molecule has 2 heterocycles. The first-order chi connectivity index (χ1) is 14.7. The Labute approximate surface area is 176 Å². The summed E-state index contributed by atoms with van der Waals surface area (Å²) in [5, 5.41) is 10.4. The second-order valence-corrected chi connectivity index (χ2v) is 8.10. The van der Waals surface area contributed by atoms with Gasteiger partial charge in [-0.15, -0.1) is 0 Å². The number of hydrogen-bond donors (Lipinski definition) is 2. The molecule has 3 aliphatic rings. The minimum Gasteiger partial charge on any atom is -0.483 e. The van der Waals surface area contributed by atoms with Gasteiger partial charge in [-0.3, -0.25) is 9.59 Å². The molecule has 2 aromatic carbocycles. The molecule has 1 amide bonds. The smallest absolute Gasteiger partial charge is 0.290 e. The van der Waals surface area contributed by atoms with Crippen molar-refractivity contribution in [2.45, 2.75) is 37.9 Å². The molecule has 0 radical (unpaired) electrons. The van der Waals surface area contributed by atoms with E-state index in [4.69, 9.17) is 14.6 Å². The molecule has 5 rings (SSSR count). The first-order valence-electron chi connectivity index (χ1n) is 10.6. The third-order valence-corrected chi connectivity index (χ3v) is 6.04. The van der Waals surface area contributed by atoms with Gasteiger partial charge in [-0.1, -0.05) is 42.5 Å². The minimum atomic E-state index is -0.250. The summed E-state index contributed by atoms with van der Waals surface area (Å²) < 4.78 is 6.42. The van der Waals surface area contributed by atoms with Crippen molar-refractivity contribution in [3.8, 4) is 0 Å². The molecule has 1 saturated heterocycles. The largest absolute Gasteiger partial charge is 0.483 e. The van der Waals surface area contributed by atoms with Gasteiger partial charge in [0.05, 0.1) is 23.9 Å². The summed E-state index contributed by atoms with van der Waals surface area (Å²) in [7, 11) is 0. The predicted molar refractivity (Wildman–Crippen MR) is 115 cm³/mol. The lowest BCUT2D eigenvalue weighted by molar-refractivity contribution is -0.122. The molecule has 6 nitrogen and oxygen atoms in total. The van der Waals surface area contributed by atoms with E-state index in [-0.39, 0.29) is 24.6 Å². The molecule has 0 aromatic heterocycles. The summed E-state index contributed by atoms with van der Waals surface area (Å²) in [5.74, 6) is 0.741. The van der Waals surface area contributed by atoms with E-state index in [2.05, 4.69) is 23.5 Å². The summed E-state index contributed by atoms with van der Waals surface area (Å²) in [4.78, 5) is 23.9. The van der Waals surface area contributed by atoms with E-state index in [0.29, 0.717) is 19.0 Å². The van der Waals surface area contributed by atoms with Gasteiger partial charge in [-0.25, -0.2) is 0 Å². The second kappa shape index (κ2) is 9.30. The molecule has 30 heavy (non-hydrogen) atoms. The maximum Gasteiger partial charge on any atom is 0.290 e. The highest BCUT2D eigenvalue weighted by Crippen LogP contribution is 2.40. The van der Waals surface area contributed by atoms with Gasteiger partial charge in [-0.2, -0.15) is 0 Å². The number of nitrogens with zero attached hydrogens (tertiary/aromatic N) is 1. The fraction of sp³-hybridized carbons (Fsp3) is 0.417. The SMILES string of the molecule is O=C(c1cccc2c1NCCC2)N1C[C@@H](c2ccccc2)O[C@@H](C2CC2)C1.O=CO. The Morgan fingerprint density at radius 2 is 1.87 bits per heavy atom. The van der Waals surface area contributed by atoms with Crippen molar-refractivity contribution in [2.24, 2.45) is 5.92 Å². The van der Waals surface area contributed by atoms with Crippen LogP contribution in [-0.4, -0.2) is 48.1 Å². The van der Waals surface area contributed by atoms with Crippen LogP contribution in [-0.2, 0) is 16.0 Å². The molecule has 2 aliphatic heterocycles. The summed E-state index contributed by atoms with van der Waals surface area (Å²) >= 11 is 0. The molecule has 0 bridgehead atoms. The van der Waals surface area contributed by atoms with Crippen LogP contribution in [0.4, 0.5) is 5.69 Å². The third-order valence-electron chi connectivity index (χ3n) is 6.04. The highest BCUT2D eigenvalue weighted by molar-refractivity contribution is 6.00. The highest BCUT2D eigenvalue weighted by atomic mass is 16.5. The molecular weight excluding hydrogens is 380 g/mol. The first kappa shape index (κ1) is 20.4. The van der Waals surface area contributed by atoms with E-state index in [1.54, 1.807) is 0 Å². The Hall–Kier alpha value is -2.86. The number of aryl methyl sites for hydroxylation is 1. The number of carbonyl (C=O) groups is 2. The fourth-order valence-electron chi connectivity index (χ4n) is 4.39. The lowest BCUT2D eigenvalue weighted by Crippen LogP contribution is -2.48. The Kier molecular flexibility index (Phi) is 6.33. The molecule has 1 saturated carbocycles. The summed E-state index contributed by atoms with van der Waals surface area (Å²) in [6.45, 7) is 2.02. The lowest BCUT2D eigenvalue weighted by Gasteiger charge is -2.39. The number of ether oxygens (including phenoxy) is 1. The van der Waals surface area contributed by atoms with Crippen molar-refractivity contribution in [3.63, 3.8) is 0 Å². The summed E-state index contributed by atoms with van der Waals surface area (Å²) in [6.07, 6.45) is 4.72. The van der Waals surface area contributed by atoms with Crippen LogP contribution in [0.25, 0.3) is 0 Å². The van der Waals surface area contributed by atoms with Gasteiger partial charge in [0.15, 0.2) is 0 Å². The van der Waals surface area contributed by atoms with Crippen LogP contribution in [0.3, 0.4) is 0 Å². The van der Waals surface area contributed by atoms with Crippen molar-refractivity contribution in [2.75, 3.05) is 25.0 Å². The van der Waals surface area contributed by atoms with Crippen LogP contribution in [0, 0.1) is 5.92 Å². The number of nitrogens with one attached hydrogen (secondary N) is 1. The number of benzene rings is 2. The Morgan fingerprint density at radius 3 is 2.60 bits per heavy atom. The topological polar surface area (TPSA) is 78.9 Å². The van der Waals surface area contributed by atoms with E-state index in [0.717, 1.165) is 36.2 Å². The van der Waals surface area contributed by atoms with Gasteiger partial charge in [-0.05, 0) is 48.8 Å². The standard InChI is InChI=1S/C23H26N2O2.CH2O2/c26-23(19-10-4-8-18-9-5-13-24-22(18)19)25-14-20(16-6-2-1-3-7-16)27-21(15-25)17-11-12-17;2-1-3/h1-4,6-8,10,17,20-21,24H,5,9,11-15H2;1H,(H,2,3)/t20-,21+;/m0./s1. The van der Waals surface area contributed by atoms with Crippen molar-refractivity contribution in [1.82, 2.24) is 4.90 Å². The van der Waals surface area contributed by atoms with E-state index >= 15 is 0 Å². The first-order valence-corrected chi connectivity index (χ1v) is 10.6. The zero-order valence-corrected chi connectivity index (χ0v) is 17.0. The van der Waals surface area contributed by atoms with Gasteiger partial charge in [0, 0.05) is 13.1 Å². The van der Waals surface area contributed by atoms with Gasteiger partial charge in [0.25, 0.3) is 12.4 Å². The molecule has 2 aromatic rings. The lowest BCUT2D eigenvalue weighted by atomic mass is 9.98. The van der Waals surface area contributed by atoms with Crippen LogP contribution in [0.15, 0.2) is 48.5 Å². The fourth-order valence-corrected chi connectivity index (χ4v) is 4.39. The van der Waals surface area contributed by atoms with Crippen molar-refractivity contribution < 1.29 is 19.4 Å². The molecule has 0 unspecified atom stereocenters. The third kappa shape index (κ3) is 4.49. The molecule has 0 spiro atoms. The number of anilines is 1. The monoisotopic (exact) mass is 408 g/mol. The Morgan fingerprint density at radius 1 is 1.10 bits per heavy atom. The van der Waals surface area contributed by atoms with Crippen LogP contribution in [0.1, 0.15) is 46.9 Å². The van der Waals surface area contributed by atoms with Gasteiger partial charge in [0.2, 0.25) is 0 Å². The summed E-state index contributed by atoms with van der Waals surface area (Å²) in [6, 6.07) is 16.5. The number of hydrogen-bond acceptors (Lipinski definition) is 4. The Bertz CT molecular complexity index is 882. The van der Waals surface area contributed by atoms with Gasteiger partial charge < -0.3 is 20.1 Å². The number of carboxylic acid groups (broad SMARTS) is 1. The maximum absolute atomic E-state index is 13.5. The molecule has 158 valence electrons. The van der Waals surface area contributed by atoms with E-state index in [1.165, 1.54) is 18.4 Å². The van der Waals surface area contributed by atoms with Crippen molar-refractivity contribution in [1.29, 1.82) is 0 Å². The quantitative estimate of drug-likeness (QED) is 0.757. The highest BCUT2D eigenvalue weighted by Gasteiger charge is 2.40. The van der Waals surface area contributed by atoms with Crippen LogP contribution < -0.4 is 5.32 Å².